The van der Waals surface area contributed by atoms with E-state index >= 15 is 0 Å². The Kier molecular flexibility index (Phi) is 4.62. The smallest absolute Gasteiger partial charge is 0.342 e. The van der Waals surface area contributed by atoms with Crippen molar-refractivity contribution in [2.24, 2.45) is 17.3 Å². The van der Waals surface area contributed by atoms with Crippen LogP contribution in [0.4, 0.5) is 0 Å². The van der Waals surface area contributed by atoms with Gasteiger partial charge in [0.05, 0.1) is 12.7 Å². The highest BCUT2D eigenvalue weighted by Gasteiger charge is 2.54. The first-order chi connectivity index (χ1) is 16.3. The second-order valence-electron chi connectivity index (χ2n) is 10.2. The molecule has 6 nitrogen and oxygen atoms in total. The Morgan fingerprint density at radius 2 is 1.85 bits per heavy atom. The van der Waals surface area contributed by atoms with E-state index in [-0.39, 0.29) is 12.2 Å². The van der Waals surface area contributed by atoms with Crippen LogP contribution >= 0.6 is 0 Å². The number of fused-ring (bicyclic) bond motifs is 2. The summed E-state index contributed by atoms with van der Waals surface area (Å²) in [5.74, 6) is 0.611. The molecule has 3 atom stereocenters. The summed E-state index contributed by atoms with van der Waals surface area (Å²) in [5.41, 5.74) is 3.59. The van der Waals surface area contributed by atoms with Crippen LogP contribution in [0.1, 0.15) is 44.2 Å². The van der Waals surface area contributed by atoms with Crippen LogP contribution in [0.25, 0.3) is 5.57 Å². The van der Waals surface area contributed by atoms with Gasteiger partial charge in [-0.2, -0.15) is 0 Å². The first-order valence-electron chi connectivity index (χ1n) is 11.7. The zero-order valence-electron chi connectivity index (χ0n) is 19.6. The Hall–Kier alpha value is -3.25. The summed E-state index contributed by atoms with van der Waals surface area (Å²) in [7, 11) is 1.59. The van der Waals surface area contributed by atoms with Gasteiger partial charge in [-0.25, -0.2) is 4.79 Å². The number of esters is 1. The number of hydrogen-bond donors (Lipinski definition) is 1. The lowest BCUT2D eigenvalue weighted by Crippen LogP contribution is -2.48. The van der Waals surface area contributed by atoms with Gasteiger partial charge in [-0.05, 0) is 78.5 Å². The molecule has 34 heavy (non-hydrogen) atoms. The highest BCUT2D eigenvalue weighted by atomic mass is 16.7. The van der Waals surface area contributed by atoms with Crippen LogP contribution in [0.2, 0.25) is 0 Å². The Balaban J connectivity index is 1.48. The number of ether oxygens (including phenoxy) is 4. The summed E-state index contributed by atoms with van der Waals surface area (Å²) in [6.45, 7) is 4.78. The fraction of sp³-hybridized carbons (Fsp3) is 0.393. The molecule has 2 aromatic carbocycles. The van der Waals surface area contributed by atoms with Crippen molar-refractivity contribution in [3.8, 4) is 17.2 Å². The number of allylic oxidation sites excluding steroid dienone is 2. The number of benzene rings is 2. The van der Waals surface area contributed by atoms with Gasteiger partial charge in [-0.3, -0.25) is 0 Å². The first-order valence-corrected chi connectivity index (χ1v) is 11.7. The summed E-state index contributed by atoms with van der Waals surface area (Å²) < 4.78 is 22.0. The summed E-state index contributed by atoms with van der Waals surface area (Å²) in [6, 6.07) is 12.4. The van der Waals surface area contributed by atoms with E-state index in [0.29, 0.717) is 57.8 Å². The maximum Gasteiger partial charge on any atom is 0.342 e. The van der Waals surface area contributed by atoms with E-state index in [1.165, 1.54) is 5.57 Å². The lowest BCUT2D eigenvalue weighted by molar-refractivity contribution is -0.185. The van der Waals surface area contributed by atoms with Crippen molar-refractivity contribution in [2.45, 2.75) is 38.9 Å². The molecule has 1 N–H and O–H groups in total. The molecule has 2 bridgehead atoms. The summed E-state index contributed by atoms with van der Waals surface area (Å²) in [6.07, 6.45) is 4.95. The molecule has 3 aliphatic carbocycles. The fourth-order valence-electron chi connectivity index (χ4n) is 6.02. The molecule has 0 radical (unpaired) electrons. The molecular formula is C28H28O6. The van der Waals surface area contributed by atoms with Crippen molar-refractivity contribution in [1.82, 2.24) is 0 Å². The second kappa shape index (κ2) is 7.37. The maximum atomic E-state index is 13.3. The van der Waals surface area contributed by atoms with E-state index in [1.807, 2.05) is 6.07 Å². The molecule has 7 rings (SSSR count). The average molecular weight is 461 g/mol. The van der Waals surface area contributed by atoms with Gasteiger partial charge in [0.15, 0.2) is 11.5 Å². The summed E-state index contributed by atoms with van der Waals surface area (Å²) >= 11 is 0. The number of carbonyl (C=O) groups is 1. The molecule has 6 heteroatoms. The van der Waals surface area contributed by atoms with Gasteiger partial charge in [0, 0.05) is 11.1 Å². The fourth-order valence-corrected chi connectivity index (χ4v) is 6.02. The largest absolute Gasteiger partial charge is 0.497 e. The van der Waals surface area contributed by atoms with Gasteiger partial charge in [0.25, 0.3) is 5.79 Å². The van der Waals surface area contributed by atoms with Gasteiger partial charge in [-0.15, -0.1) is 0 Å². The molecule has 5 aliphatic rings. The highest BCUT2D eigenvalue weighted by molar-refractivity contribution is 6.20. The van der Waals surface area contributed by atoms with E-state index in [4.69, 9.17) is 18.9 Å². The minimum absolute atomic E-state index is 0.149. The minimum atomic E-state index is -1.86. The van der Waals surface area contributed by atoms with Gasteiger partial charge in [-0.1, -0.05) is 31.6 Å². The Labute approximate surface area is 198 Å². The van der Waals surface area contributed by atoms with Crippen molar-refractivity contribution in [3.63, 3.8) is 0 Å². The maximum absolute atomic E-state index is 13.3. The Morgan fingerprint density at radius 3 is 2.56 bits per heavy atom. The van der Waals surface area contributed by atoms with Gasteiger partial charge >= 0.3 is 5.97 Å². The number of hydrogen-bond acceptors (Lipinski definition) is 6. The molecule has 1 fully saturated rings. The SMILES string of the molecule is COc1ccc(C2(O)OC(=O)C(c3ccc4c(c3)OCO4)=C2CC2=CC[C@H]3C[C@@H]2C3(C)C)cc1. The summed E-state index contributed by atoms with van der Waals surface area (Å²) in [4.78, 5) is 13.3. The van der Waals surface area contributed by atoms with E-state index in [9.17, 15) is 9.90 Å². The molecule has 1 saturated carbocycles. The predicted molar refractivity (Wildman–Crippen MR) is 125 cm³/mol. The standard InChI is InChI=1S/C28H28O6/c1-27(2)19-6-4-16(21(27)14-19)12-22-25(17-5-11-23-24(13-17)33-15-32-23)26(29)34-28(22,30)18-7-9-20(31-3)10-8-18/h4-5,7-11,13,19,21,30H,6,12,14-15H2,1-3H3/t19-,21-,28?/m0/s1. The molecule has 0 saturated heterocycles. The van der Waals surface area contributed by atoms with E-state index in [2.05, 4.69) is 19.9 Å². The normalized spacial score (nSPS) is 28.4. The van der Waals surface area contributed by atoms with Crippen LogP contribution in [0.5, 0.6) is 17.2 Å². The minimum Gasteiger partial charge on any atom is -0.497 e. The third kappa shape index (κ3) is 3.01. The number of methoxy groups -OCH3 is 1. The third-order valence-corrected chi connectivity index (χ3v) is 8.26. The van der Waals surface area contributed by atoms with Gasteiger partial charge in [0.1, 0.15) is 5.75 Å². The number of aliphatic hydroxyl groups is 1. The van der Waals surface area contributed by atoms with Crippen LogP contribution in [0, 0.1) is 17.3 Å². The number of cyclic esters (lactones) is 1. The third-order valence-electron chi connectivity index (χ3n) is 8.26. The van der Waals surface area contributed by atoms with Crippen LogP contribution in [-0.4, -0.2) is 25.0 Å². The molecule has 2 aliphatic heterocycles. The molecule has 2 aromatic rings. The van der Waals surface area contributed by atoms with Gasteiger partial charge < -0.3 is 24.1 Å². The predicted octanol–water partition coefficient (Wildman–Crippen LogP) is 4.96. The van der Waals surface area contributed by atoms with Crippen molar-refractivity contribution in [3.05, 3.63) is 70.8 Å². The molecule has 0 amide bonds. The summed E-state index contributed by atoms with van der Waals surface area (Å²) in [5, 5.41) is 11.9. The van der Waals surface area contributed by atoms with Crippen LogP contribution in [-0.2, 0) is 15.3 Å². The molecular weight excluding hydrogens is 432 g/mol. The zero-order chi connectivity index (χ0) is 23.7. The zero-order valence-corrected chi connectivity index (χ0v) is 19.6. The van der Waals surface area contributed by atoms with Crippen molar-refractivity contribution >= 4 is 11.5 Å². The molecule has 1 unspecified atom stereocenters. The molecule has 0 spiro atoms. The van der Waals surface area contributed by atoms with Crippen molar-refractivity contribution < 1.29 is 28.8 Å². The molecule has 2 heterocycles. The molecule has 0 aromatic heterocycles. The Morgan fingerprint density at radius 1 is 1.09 bits per heavy atom. The lowest BCUT2D eigenvalue weighted by atomic mass is 9.48. The van der Waals surface area contributed by atoms with Crippen molar-refractivity contribution in [1.29, 1.82) is 0 Å². The number of rotatable bonds is 5. The monoisotopic (exact) mass is 460 g/mol. The Bertz CT molecular complexity index is 1240. The average Bonchev–Trinajstić information content (AvgIpc) is 3.41. The highest BCUT2D eigenvalue weighted by Crippen LogP contribution is 2.61. The first kappa shape index (κ1) is 21.3. The van der Waals surface area contributed by atoms with Crippen LogP contribution < -0.4 is 14.2 Å². The van der Waals surface area contributed by atoms with Crippen molar-refractivity contribution in [2.75, 3.05) is 13.9 Å². The molecule has 176 valence electrons. The van der Waals surface area contributed by atoms with E-state index < -0.39 is 11.8 Å². The van der Waals surface area contributed by atoms with Crippen LogP contribution in [0.15, 0.2) is 59.7 Å². The number of carbonyl (C=O) groups excluding carboxylic acids is 1. The van der Waals surface area contributed by atoms with Gasteiger partial charge in [0.2, 0.25) is 6.79 Å². The lowest BCUT2D eigenvalue weighted by Gasteiger charge is -2.56. The van der Waals surface area contributed by atoms with Crippen LogP contribution in [0.3, 0.4) is 0 Å². The topological polar surface area (TPSA) is 74.2 Å². The quantitative estimate of drug-likeness (QED) is 0.502. The van der Waals surface area contributed by atoms with E-state index in [0.717, 1.165) is 12.8 Å². The second-order valence-corrected chi connectivity index (χ2v) is 10.2. The van der Waals surface area contributed by atoms with E-state index in [1.54, 1.807) is 43.5 Å².